The fourth-order valence-corrected chi connectivity index (χ4v) is 5.73. The molecule has 1 aliphatic carbocycles. The predicted octanol–water partition coefficient (Wildman–Crippen LogP) is 7.70. The fourth-order valence-electron chi connectivity index (χ4n) is 5.73. The summed E-state index contributed by atoms with van der Waals surface area (Å²) in [6.45, 7) is 8.58. The Bertz CT molecular complexity index is 513. The van der Waals surface area contributed by atoms with Crippen molar-refractivity contribution in [1.29, 1.82) is 0 Å². The molecule has 0 aromatic heterocycles. The molecule has 2 atom stereocenters. The van der Waals surface area contributed by atoms with Crippen LogP contribution in [-0.4, -0.2) is 22.2 Å². The summed E-state index contributed by atoms with van der Waals surface area (Å²) in [5.41, 5.74) is -2.21. The second kappa shape index (κ2) is 13.4. The average molecular weight is 425 g/mol. The lowest BCUT2D eigenvalue weighted by Gasteiger charge is -2.49. The maximum Gasteiger partial charge on any atom is 0.310 e. The summed E-state index contributed by atoms with van der Waals surface area (Å²) < 4.78 is 0. The number of hydrogen-bond donors (Lipinski definition) is 2. The maximum atomic E-state index is 12.4. The van der Waals surface area contributed by atoms with Crippen molar-refractivity contribution in [2.45, 2.75) is 130 Å². The Kier molecular flexibility index (Phi) is 12.0. The van der Waals surface area contributed by atoms with Crippen LogP contribution in [0.4, 0.5) is 0 Å². The third-order valence-corrected chi connectivity index (χ3v) is 7.33. The molecule has 0 radical (unpaired) electrons. The van der Waals surface area contributed by atoms with E-state index in [1.54, 1.807) is 0 Å². The van der Waals surface area contributed by atoms with Gasteiger partial charge < -0.3 is 10.2 Å². The van der Waals surface area contributed by atoms with Gasteiger partial charge in [0.1, 0.15) is 0 Å². The van der Waals surface area contributed by atoms with Crippen LogP contribution in [0.25, 0.3) is 0 Å². The third kappa shape index (κ3) is 7.57. The van der Waals surface area contributed by atoms with Gasteiger partial charge in [-0.25, -0.2) is 0 Å². The van der Waals surface area contributed by atoms with Gasteiger partial charge in [-0.3, -0.25) is 9.59 Å². The Morgan fingerprint density at radius 3 is 1.53 bits per heavy atom. The van der Waals surface area contributed by atoms with Crippen LogP contribution in [0, 0.1) is 22.7 Å². The van der Waals surface area contributed by atoms with Crippen molar-refractivity contribution >= 4 is 11.9 Å². The van der Waals surface area contributed by atoms with E-state index in [2.05, 4.69) is 13.8 Å². The molecular weight excluding hydrogens is 376 g/mol. The molecule has 176 valence electrons. The topological polar surface area (TPSA) is 74.6 Å². The Hall–Kier alpha value is -1.06. The van der Waals surface area contributed by atoms with E-state index in [-0.39, 0.29) is 5.92 Å². The Morgan fingerprint density at radius 2 is 1.10 bits per heavy atom. The summed E-state index contributed by atoms with van der Waals surface area (Å²) in [5.74, 6) is -0.787. The molecule has 0 amide bonds. The van der Waals surface area contributed by atoms with Crippen molar-refractivity contribution in [3.63, 3.8) is 0 Å². The number of carbonyl (C=O) groups is 2. The molecule has 0 heterocycles. The Morgan fingerprint density at radius 1 is 0.667 bits per heavy atom. The van der Waals surface area contributed by atoms with Gasteiger partial charge in [0.2, 0.25) is 0 Å². The van der Waals surface area contributed by atoms with Crippen LogP contribution in [0.1, 0.15) is 130 Å². The quantitative estimate of drug-likeness (QED) is 0.249. The molecule has 1 saturated carbocycles. The highest BCUT2D eigenvalue weighted by Gasteiger charge is 2.61. The lowest BCUT2D eigenvalue weighted by molar-refractivity contribution is -0.183. The number of aliphatic carboxylic acids is 2. The number of carboxylic acid groups (broad SMARTS) is 2. The van der Waals surface area contributed by atoms with Gasteiger partial charge >= 0.3 is 11.9 Å². The van der Waals surface area contributed by atoms with Crippen molar-refractivity contribution in [3.8, 4) is 0 Å². The highest BCUT2D eigenvalue weighted by Crippen LogP contribution is 2.57. The summed E-state index contributed by atoms with van der Waals surface area (Å²) in [7, 11) is 0. The van der Waals surface area contributed by atoms with Crippen LogP contribution in [0.5, 0.6) is 0 Å². The molecule has 4 nitrogen and oxygen atoms in total. The molecule has 0 aromatic rings. The molecule has 1 aliphatic rings. The molecule has 30 heavy (non-hydrogen) atoms. The van der Waals surface area contributed by atoms with Gasteiger partial charge in [0.25, 0.3) is 0 Å². The van der Waals surface area contributed by atoms with Gasteiger partial charge in [-0.05, 0) is 37.5 Å². The van der Waals surface area contributed by atoms with E-state index >= 15 is 0 Å². The molecule has 4 heteroatoms. The predicted molar refractivity (Wildman–Crippen MR) is 124 cm³/mol. The second-order valence-corrected chi connectivity index (χ2v) is 10.7. The molecule has 2 N–H and O–H groups in total. The average Bonchev–Trinajstić information content (AvgIpc) is 2.66. The zero-order valence-corrected chi connectivity index (χ0v) is 20.2. The summed E-state index contributed by atoms with van der Waals surface area (Å²) in [4.78, 5) is 24.8. The van der Waals surface area contributed by atoms with Gasteiger partial charge in [-0.15, -0.1) is 0 Å². The van der Waals surface area contributed by atoms with Gasteiger partial charge in [0.15, 0.2) is 0 Å². The van der Waals surface area contributed by atoms with Crippen molar-refractivity contribution in [2.24, 2.45) is 22.7 Å². The van der Waals surface area contributed by atoms with E-state index in [1.807, 2.05) is 13.8 Å². The molecule has 0 spiro atoms. The molecular formula is C26H48O4. The molecule has 1 rings (SSSR count). The first-order valence-corrected chi connectivity index (χ1v) is 12.6. The monoisotopic (exact) mass is 424 g/mol. The summed E-state index contributed by atoms with van der Waals surface area (Å²) >= 11 is 0. The first-order valence-electron chi connectivity index (χ1n) is 12.6. The summed E-state index contributed by atoms with van der Waals surface area (Å²) in [6.07, 6.45) is 15.7. The van der Waals surface area contributed by atoms with E-state index in [4.69, 9.17) is 0 Å². The minimum absolute atomic E-state index is 0.179. The third-order valence-electron chi connectivity index (χ3n) is 7.33. The Balaban J connectivity index is 2.49. The van der Waals surface area contributed by atoms with Gasteiger partial charge in [-0.1, -0.05) is 105 Å². The lowest BCUT2D eigenvalue weighted by Crippen LogP contribution is -2.55. The van der Waals surface area contributed by atoms with E-state index in [0.717, 1.165) is 38.0 Å². The van der Waals surface area contributed by atoms with E-state index in [0.29, 0.717) is 25.7 Å². The highest BCUT2D eigenvalue weighted by molar-refractivity contribution is 5.87. The van der Waals surface area contributed by atoms with Crippen LogP contribution < -0.4 is 0 Å². The van der Waals surface area contributed by atoms with Crippen LogP contribution in [-0.2, 0) is 9.59 Å². The second-order valence-electron chi connectivity index (χ2n) is 10.7. The van der Waals surface area contributed by atoms with Crippen LogP contribution in [0.15, 0.2) is 0 Å². The van der Waals surface area contributed by atoms with Crippen molar-refractivity contribution in [2.75, 3.05) is 0 Å². The standard InChI is InChI=1S/C26H48O4/c1-21(2)16-12-10-8-6-5-7-9-11-13-17-25(23(27)28)18-14-15-19-26(25,24(29)30)20-22(3)4/h21-22H,5-20H2,1-4H3,(H,27,28)(H,29,30). The first-order chi connectivity index (χ1) is 14.2. The summed E-state index contributed by atoms with van der Waals surface area (Å²) in [5, 5.41) is 20.4. The number of unbranched alkanes of at least 4 members (excludes halogenated alkanes) is 8. The number of hydrogen-bond acceptors (Lipinski definition) is 2. The minimum atomic E-state index is -1.11. The maximum absolute atomic E-state index is 12.4. The summed E-state index contributed by atoms with van der Waals surface area (Å²) in [6, 6.07) is 0. The van der Waals surface area contributed by atoms with E-state index in [9.17, 15) is 19.8 Å². The highest BCUT2D eigenvalue weighted by atomic mass is 16.4. The smallest absolute Gasteiger partial charge is 0.310 e. The van der Waals surface area contributed by atoms with Gasteiger partial charge in [-0.2, -0.15) is 0 Å². The van der Waals surface area contributed by atoms with Gasteiger partial charge in [0.05, 0.1) is 10.8 Å². The van der Waals surface area contributed by atoms with Crippen LogP contribution in [0.2, 0.25) is 0 Å². The van der Waals surface area contributed by atoms with Crippen molar-refractivity contribution in [3.05, 3.63) is 0 Å². The molecule has 0 aliphatic heterocycles. The SMILES string of the molecule is CC(C)CCCCCCCCCCCC1(C(=O)O)CCCCC1(CC(C)C)C(=O)O. The number of carboxylic acids is 2. The molecule has 0 saturated heterocycles. The zero-order chi connectivity index (χ0) is 22.6. The largest absolute Gasteiger partial charge is 0.481 e. The first kappa shape index (κ1) is 27.0. The molecule has 2 unspecified atom stereocenters. The molecule has 0 bridgehead atoms. The lowest BCUT2D eigenvalue weighted by atomic mass is 9.51. The van der Waals surface area contributed by atoms with E-state index in [1.165, 1.54) is 44.9 Å². The molecule has 0 aromatic carbocycles. The Labute approximate surface area is 185 Å². The van der Waals surface area contributed by atoms with Crippen LogP contribution in [0.3, 0.4) is 0 Å². The molecule has 1 fully saturated rings. The van der Waals surface area contributed by atoms with Crippen LogP contribution >= 0.6 is 0 Å². The zero-order valence-electron chi connectivity index (χ0n) is 20.2. The van der Waals surface area contributed by atoms with E-state index < -0.39 is 22.8 Å². The van der Waals surface area contributed by atoms with Crippen molar-refractivity contribution < 1.29 is 19.8 Å². The normalized spacial score (nSPS) is 24.5. The number of rotatable bonds is 16. The minimum Gasteiger partial charge on any atom is -0.481 e. The van der Waals surface area contributed by atoms with Crippen molar-refractivity contribution in [1.82, 2.24) is 0 Å². The van der Waals surface area contributed by atoms with Gasteiger partial charge in [0, 0.05) is 0 Å². The fraction of sp³-hybridized carbons (Fsp3) is 0.923.